The molecule has 1 amide bonds. The molecule has 1 aromatic carbocycles. The molecule has 0 spiro atoms. The third kappa shape index (κ3) is 3.82. The Bertz CT molecular complexity index is 657. The number of nitrogens with one attached hydrogen (secondary N) is 1. The molecule has 0 atom stereocenters. The van der Waals surface area contributed by atoms with E-state index in [2.05, 4.69) is 15.5 Å². The summed E-state index contributed by atoms with van der Waals surface area (Å²) in [7, 11) is 1.57. The summed E-state index contributed by atoms with van der Waals surface area (Å²) < 4.78 is 10.8. The van der Waals surface area contributed by atoms with Crippen LogP contribution >= 0.6 is 0 Å². The van der Waals surface area contributed by atoms with Gasteiger partial charge in [0.2, 0.25) is 0 Å². The quantitative estimate of drug-likeness (QED) is 0.656. The molecule has 22 heavy (non-hydrogen) atoms. The standard InChI is InChI=1S/C16H17N3O3/c1-3-22-15-13(5-4-6-14(15)21-2)11-18-19-16(20)12-7-9-17-10-8-12/h4-11H,3H2,1-2H3,(H,19,20)/b18-11+. The fourth-order valence-corrected chi connectivity index (χ4v) is 1.82. The summed E-state index contributed by atoms with van der Waals surface area (Å²) in [5.41, 5.74) is 3.67. The second kappa shape index (κ2) is 7.78. The molecular weight excluding hydrogens is 282 g/mol. The van der Waals surface area contributed by atoms with Crippen molar-refractivity contribution in [2.75, 3.05) is 13.7 Å². The number of hydrazone groups is 1. The number of nitrogens with zero attached hydrogens (tertiary/aromatic N) is 2. The minimum Gasteiger partial charge on any atom is -0.493 e. The second-order valence-electron chi connectivity index (χ2n) is 4.25. The molecule has 1 aromatic heterocycles. The van der Waals surface area contributed by atoms with Crippen molar-refractivity contribution in [3.63, 3.8) is 0 Å². The maximum Gasteiger partial charge on any atom is 0.271 e. The zero-order valence-electron chi connectivity index (χ0n) is 12.4. The van der Waals surface area contributed by atoms with Crippen LogP contribution in [0.25, 0.3) is 0 Å². The Morgan fingerprint density at radius 2 is 2.09 bits per heavy atom. The second-order valence-corrected chi connectivity index (χ2v) is 4.25. The first-order valence-electron chi connectivity index (χ1n) is 6.79. The van der Waals surface area contributed by atoms with Crippen molar-refractivity contribution in [2.45, 2.75) is 6.92 Å². The van der Waals surface area contributed by atoms with Gasteiger partial charge in [0, 0.05) is 23.5 Å². The van der Waals surface area contributed by atoms with E-state index in [1.807, 2.05) is 19.1 Å². The van der Waals surface area contributed by atoms with Crippen LogP contribution in [0.4, 0.5) is 0 Å². The highest BCUT2D eigenvalue weighted by molar-refractivity contribution is 5.95. The van der Waals surface area contributed by atoms with Gasteiger partial charge < -0.3 is 9.47 Å². The molecule has 1 heterocycles. The number of aromatic nitrogens is 1. The van der Waals surface area contributed by atoms with E-state index in [9.17, 15) is 4.79 Å². The van der Waals surface area contributed by atoms with Crippen LogP contribution in [0.2, 0.25) is 0 Å². The number of carbonyl (C=O) groups excluding carboxylic acids is 1. The van der Waals surface area contributed by atoms with Gasteiger partial charge in [-0.05, 0) is 31.2 Å². The molecule has 0 unspecified atom stereocenters. The number of pyridine rings is 1. The SMILES string of the molecule is CCOc1c(/C=N/NC(=O)c2ccncc2)cccc1OC. The first-order chi connectivity index (χ1) is 10.8. The highest BCUT2D eigenvalue weighted by Gasteiger charge is 2.08. The van der Waals surface area contributed by atoms with Crippen LogP contribution < -0.4 is 14.9 Å². The molecule has 6 heteroatoms. The Kier molecular flexibility index (Phi) is 5.48. The lowest BCUT2D eigenvalue weighted by Crippen LogP contribution is -2.17. The molecule has 1 N–H and O–H groups in total. The first kappa shape index (κ1) is 15.5. The summed E-state index contributed by atoms with van der Waals surface area (Å²) in [6.07, 6.45) is 4.62. The molecule has 0 radical (unpaired) electrons. The summed E-state index contributed by atoms with van der Waals surface area (Å²) in [5.74, 6) is 0.903. The molecular formula is C16H17N3O3. The van der Waals surface area contributed by atoms with E-state index < -0.39 is 0 Å². The Balaban J connectivity index is 2.11. The number of methoxy groups -OCH3 is 1. The first-order valence-corrected chi connectivity index (χ1v) is 6.79. The Morgan fingerprint density at radius 3 is 2.77 bits per heavy atom. The van der Waals surface area contributed by atoms with Crippen molar-refractivity contribution in [3.8, 4) is 11.5 Å². The summed E-state index contributed by atoms with van der Waals surface area (Å²) in [6, 6.07) is 8.69. The lowest BCUT2D eigenvalue weighted by molar-refractivity contribution is 0.0955. The number of benzene rings is 1. The number of para-hydroxylation sites is 1. The lowest BCUT2D eigenvalue weighted by atomic mass is 10.2. The zero-order valence-corrected chi connectivity index (χ0v) is 12.4. The Hall–Kier alpha value is -2.89. The fraction of sp³-hybridized carbons (Fsp3) is 0.188. The average molecular weight is 299 g/mol. The van der Waals surface area contributed by atoms with Gasteiger partial charge in [-0.2, -0.15) is 5.10 Å². The Morgan fingerprint density at radius 1 is 1.32 bits per heavy atom. The zero-order chi connectivity index (χ0) is 15.8. The maximum absolute atomic E-state index is 11.9. The molecule has 2 rings (SSSR count). The highest BCUT2D eigenvalue weighted by Crippen LogP contribution is 2.29. The minimum atomic E-state index is -0.306. The van der Waals surface area contributed by atoms with Crippen molar-refractivity contribution >= 4 is 12.1 Å². The van der Waals surface area contributed by atoms with E-state index in [1.165, 1.54) is 6.21 Å². The van der Waals surface area contributed by atoms with Crippen LogP contribution in [0, 0.1) is 0 Å². The van der Waals surface area contributed by atoms with Gasteiger partial charge in [0.05, 0.1) is 19.9 Å². The van der Waals surface area contributed by atoms with E-state index in [1.54, 1.807) is 37.7 Å². The molecule has 6 nitrogen and oxygen atoms in total. The van der Waals surface area contributed by atoms with Gasteiger partial charge in [0.25, 0.3) is 5.91 Å². The number of hydrogen-bond donors (Lipinski definition) is 1. The van der Waals surface area contributed by atoms with E-state index in [0.717, 1.165) is 5.56 Å². The molecule has 0 saturated carbocycles. The van der Waals surface area contributed by atoms with Gasteiger partial charge >= 0.3 is 0 Å². The molecule has 0 saturated heterocycles. The van der Waals surface area contributed by atoms with Crippen molar-refractivity contribution in [3.05, 3.63) is 53.9 Å². The number of hydrogen-bond acceptors (Lipinski definition) is 5. The summed E-state index contributed by atoms with van der Waals surface area (Å²) in [6.45, 7) is 2.39. The number of amides is 1. The van der Waals surface area contributed by atoms with Gasteiger partial charge in [-0.25, -0.2) is 5.43 Å². The number of rotatable bonds is 6. The third-order valence-corrected chi connectivity index (χ3v) is 2.83. The molecule has 0 aliphatic carbocycles. The third-order valence-electron chi connectivity index (χ3n) is 2.83. The van der Waals surface area contributed by atoms with Gasteiger partial charge in [0.1, 0.15) is 0 Å². The molecule has 0 fully saturated rings. The molecule has 0 bridgehead atoms. The monoisotopic (exact) mass is 299 g/mol. The van der Waals surface area contributed by atoms with Crippen molar-refractivity contribution in [1.29, 1.82) is 0 Å². The van der Waals surface area contributed by atoms with Crippen molar-refractivity contribution in [1.82, 2.24) is 10.4 Å². The molecule has 0 aliphatic heterocycles. The van der Waals surface area contributed by atoms with Crippen molar-refractivity contribution < 1.29 is 14.3 Å². The van der Waals surface area contributed by atoms with E-state index >= 15 is 0 Å². The van der Waals surface area contributed by atoms with Gasteiger partial charge in [0.15, 0.2) is 11.5 Å². The van der Waals surface area contributed by atoms with Gasteiger partial charge in [-0.3, -0.25) is 9.78 Å². The number of carbonyl (C=O) groups is 1. The molecule has 2 aromatic rings. The van der Waals surface area contributed by atoms with Crippen LogP contribution in [-0.4, -0.2) is 30.8 Å². The van der Waals surface area contributed by atoms with Crippen LogP contribution in [-0.2, 0) is 0 Å². The topological polar surface area (TPSA) is 72.8 Å². The lowest BCUT2D eigenvalue weighted by Gasteiger charge is -2.11. The van der Waals surface area contributed by atoms with Crippen LogP contribution in [0.3, 0.4) is 0 Å². The maximum atomic E-state index is 11.9. The minimum absolute atomic E-state index is 0.306. The summed E-state index contributed by atoms with van der Waals surface area (Å²) in [4.78, 5) is 15.7. The number of ether oxygens (including phenoxy) is 2. The molecule has 0 aliphatic rings. The summed E-state index contributed by atoms with van der Waals surface area (Å²) >= 11 is 0. The fourth-order valence-electron chi connectivity index (χ4n) is 1.82. The van der Waals surface area contributed by atoms with Gasteiger partial charge in [-0.15, -0.1) is 0 Å². The van der Waals surface area contributed by atoms with E-state index in [0.29, 0.717) is 23.7 Å². The predicted molar refractivity (Wildman–Crippen MR) is 83.5 cm³/mol. The van der Waals surface area contributed by atoms with E-state index in [-0.39, 0.29) is 5.91 Å². The normalized spacial score (nSPS) is 10.5. The largest absolute Gasteiger partial charge is 0.493 e. The van der Waals surface area contributed by atoms with Crippen LogP contribution in [0.15, 0.2) is 47.8 Å². The van der Waals surface area contributed by atoms with Crippen LogP contribution in [0.1, 0.15) is 22.8 Å². The van der Waals surface area contributed by atoms with Crippen molar-refractivity contribution in [2.24, 2.45) is 5.10 Å². The predicted octanol–water partition coefficient (Wildman–Crippen LogP) is 2.25. The Labute approximate surface area is 128 Å². The van der Waals surface area contributed by atoms with Crippen LogP contribution in [0.5, 0.6) is 11.5 Å². The summed E-state index contributed by atoms with van der Waals surface area (Å²) in [5, 5.41) is 3.96. The highest BCUT2D eigenvalue weighted by atomic mass is 16.5. The molecule has 114 valence electrons. The average Bonchev–Trinajstić information content (AvgIpc) is 2.57. The smallest absolute Gasteiger partial charge is 0.271 e. The van der Waals surface area contributed by atoms with E-state index in [4.69, 9.17) is 9.47 Å². The van der Waals surface area contributed by atoms with Gasteiger partial charge in [-0.1, -0.05) is 6.07 Å².